The van der Waals surface area contributed by atoms with Crippen LogP contribution in [-0.4, -0.2) is 19.3 Å². The Bertz CT molecular complexity index is 585. The highest BCUT2D eigenvalue weighted by Gasteiger charge is 2.22. The molecule has 0 saturated carbocycles. The molecule has 21 heavy (non-hydrogen) atoms. The summed E-state index contributed by atoms with van der Waals surface area (Å²) >= 11 is 6.17. The van der Waals surface area contributed by atoms with Gasteiger partial charge in [0.25, 0.3) is 0 Å². The fourth-order valence-electron chi connectivity index (χ4n) is 3.11. The van der Waals surface area contributed by atoms with E-state index in [1.807, 2.05) is 6.92 Å². The second kappa shape index (κ2) is 7.30. The molecule has 0 aliphatic heterocycles. The van der Waals surface area contributed by atoms with E-state index < -0.39 is 0 Å². The summed E-state index contributed by atoms with van der Waals surface area (Å²) in [6.45, 7) is 9.52. The molecule has 0 radical (unpaired) electrons. The van der Waals surface area contributed by atoms with Gasteiger partial charge in [0.2, 0.25) is 0 Å². The van der Waals surface area contributed by atoms with E-state index in [0.29, 0.717) is 11.9 Å². The largest absolute Gasteiger partial charge is 0.309 e. The maximum absolute atomic E-state index is 6.17. The van der Waals surface area contributed by atoms with E-state index in [2.05, 4.69) is 35.1 Å². The van der Waals surface area contributed by atoms with E-state index in [-0.39, 0.29) is 0 Å². The zero-order valence-electron chi connectivity index (χ0n) is 13.7. The number of rotatable bonds is 8. The molecule has 0 amide bonds. The van der Waals surface area contributed by atoms with Gasteiger partial charge < -0.3 is 4.57 Å². The molecule has 2 aromatic heterocycles. The highest BCUT2D eigenvalue weighted by molar-refractivity contribution is 6.16. The first kappa shape index (κ1) is 16.3. The first-order valence-electron chi connectivity index (χ1n) is 8.17. The van der Waals surface area contributed by atoms with Gasteiger partial charge in [-0.25, -0.2) is 9.67 Å². The van der Waals surface area contributed by atoms with Crippen molar-refractivity contribution in [2.75, 3.05) is 0 Å². The smallest absolute Gasteiger partial charge is 0.159 e. The van der Waals surface area contributed by atoms with Gasteiger partial charge in [-0.2, -0.15) is 5.10 Å². The summed E-state index contributed by atoms with van der Waals surface area (Å²) in [7, 11) is 0. The Hall–Kier alpha value is -1.03. The predicted molar refractivity (Wildman–Crippen MR) is 89.0 cm³/mol. The Morgan fingerprint density at radius 1 is 1.14 bits per heavy atom. The number of fused-ring (bicyclic) bond motifs is 1. The number of hydrogen-bond acceptors (Lipinski definition) is 2. The number of nitrogens with zero attached hydrogens (tertiary/aromatic N) is 4. The maximum Gasteiger partial charge on any atom is 0.159 e. The van der Waals surface area contributed by atoms with Crippen molar-refractivity contribution < 1.29 is 0 Å². The second-order valence-corrected chi connectivity index (χ2v) is 5.96. The van der Waals surface area contributed by atoms with Gasteiger partial charge in [0.1, 0.15) is 11.3 Å². The molecule has 0 N–H and O–H groups in total. The molecule has 0 bridgehead atoms. The fourth-order valence-corrected chi connectivity index (χ4v) is 3.30. The van der Waals surface area contributed by atoms with Crippen molar-refractivity contribution >= 4 is 22.8 Å². The van der Waals surface area contributed by atoms with Crippen molar-refractivity contribution in [1.82, 2.24) is 19.3 Å². The lowest BCUT2D eigenvalue weighted by Gasteiger charge is -2.21. The summed E-state index contributed by atoms with van der Waals surface area (Å²) in [6.07, 6.45) is 6.00. The van der Waals surface area contributed by atoms with E-state index in [4.69, 9.17) is 16.6 Å². The van der Waals surface area contributed by atoms with Crippen LogP contribution in [0.5, 0.6) is 0 Å². The molecule has 2 aromatic rings. The zero-order valence-corrected chi connectivity index (χ0v) is 14.4. The van der Waals surface area contributed by atoms with Crippen LogP contribution in [0.15, 0.2) is 0 Å². The van der Waals surface area contributed by atoms with Crippen LogP contribution in [0.1, 0.15) is 70.4 Å². The third-order valence-electron chi connectivity index (χ3n) is 4.11. The third-order valence-corrected chi connectivity index (χ3v) is 4.35. The Kier molecular flexibility index (Phi) is 5.68. The van der Waals surface area contributed by atoms with Crippen molar-refractivity contribution in [3.8, 4) is 0 Å². The minimum Gasteiger partial charge on any atom is -0.309 e. The molecule has 0 fully saturated rings. The minimum absolute atomic E-state index is 0.462. The topological polar surface area (TPSA) is 35.6 Å². The van der Waals surface area contributed by atoms with Gasteiger partial charge in [-0.3, -0.25) is 0 Å². The highest BCUT2D eigenvalue weighted by atomic mass is 35.5. The van der Waals surface area contributed by atoms with E-state index in [0.717, 1.165) is 29.2 Å². The quantitative estimate of drug-likeness (QED) is 0.655. The number of alkyl halides is 1. The molecule has 2 rings (SSSR count). The van der Waals surface area contributed by atoms with E-state index in [1.165, 1.54) is 32.1 Å². The van der Waals surface area contributed by atoms with Crippen molar-refractivity contribution in [2.24, 2.45) is 0 Å². The molecule has 5 heteroatoms. The van der Waals surface area contributed by atoms with Gasteiger partial charge in [0.15, 0.2) is 5.65 Å². The minimum atomic E-state index is 0.462. The monoisotopic (exact) mass is 310 g/mol. The number of halogens is 1. The lowest BCUT2D eigenvalue weighted by Crippen LogP contribution is -2.15. The van der Waals surface area contributed by atoms with Crippen LogP contribution in [0.3, 0.4) is 0 Å². The first-order valence-corrected chi connectivity index (χ1v) is 8.71. The third kappa shape index (κ3) is 3.10. The number of aryl methyl sites for hydroxylation is 2. The van der Waals surface area contributed by atoms with Gasteiger partial charge in [-0.15, -0.1) is 11.6 Å². The summed E-state index contributed by atoms with van der Waals surface area (Å²) < 4.78 is 4.44. The molecule has 0 aliphatic rings. The lowest BCUT2D eigenvalue weighted by molar-refractivity contribution is 0.411. The Labute approximate surface area is 132 Å². The van der Waals surface area contributed by atoms with Crippen LogP contribution in [0.4, 0.5) is 0 Å². The van der Waals surface area contributed by atoms with Gasteiger partial charge in [-0.05, 0) is 26.7 Å². The molecule has 1 atom stereocenters. The van der Waals surface area contributed by atoms with E-state index in [1.54, 1.807) is 0 Å². The number of hydrogen-bond donors (Lipinski definition) is 0. The number of unbranched alkanes of at least 4 members (excludes halogenated alkanes) is 1. The summed E-state index contributed by atoms with van der Waals surface area (Å²) in [5.41, 5.74) is 3.17. The van der Waals surface area contributed by atoms with Crippen LogP contribution in [-0.2, 0) is 12.4 Å². The summed E-state index contributed by atoms with van der Waals surface area (Å²) in [6, 6.07) is 0.482. The highest BCUT2D eigenvalue weighted by Crippen LogP contribution is 2.30. The van der Waals surface area contributed by atoms with Crippen LogP contribution in [0, 0.1) is 6.92 Å². The fraction of sp³-hybridized carbons (Fsp3) is 0.750. The average Bonchev–Trinajstić information content (AvgIpc) is 3.01. The molecule has 2 heterocycles. The van der Waals surface area contributed by atoms with Crippen molar-refractivity contribution in [3.05, 3.63) is 11.5 Å². The standard InChI is InChI=1S/C16H27ClN4/c1-5-8-10-13(9-6-2)21-14(11-17)18-15-12(4)19-20(7-3)16(15)21/h13H,5-11H2,1-4H3. The number of imidazole rings is 1. The molecule has 118 valence electrons. The van der Waals surface area contributed by atoms with Gasteiger partial charge >= 0.3 is 0 Å². The van der Waals surface area contributed by atoms with Gasteiger partial charge in [0, 0.05) is 12.6 Å². The summed E-state index contributed by atoms with van der Waals surface area (Å²) in [4.78, 5) is 4.76. The summed E-state index contributed by atoms with van der Waals surface area (Å²) in [5.74, 6) is 1.45. The predicted octanol–water partition coefficient (Wildman–Crippen LogP) is 4.83. The second-order valence-electron chi connectivity index (χ2n) is 5.69. The normalized spacial score (nSPS) is 13.2. The Morgan fingerprint density at radius 3 is 2.48 bits per heavy atom. The molecular weight excluding hydrogens is 284 g/mol. The molecular formula is C16H27ClN4. The molecule has 0 aromatic carbocycles. The van der Waals surface area contributed by atoms with Crippen LogP contribution in [0.25, 0.3) is 11.2 Å². The number of aromatic nitrogens is 4. The van der Waals surface area contributed by atoms with Crippen molar-refractivity contribution in [3.63, 3.8) is 0 Å². The zero-order chi connectivity index (χ0) is 15.4. The molecule has 0 spiro atoms. The SMILES string of the molecule is CCCCC(CCC)n1c(CCl)nc2c(C)nn(CC)c21. The average molecular weight is 311 g/mol. The van der Waals surface area contributed by atoms with Crippen LogP contribution in [0.2, 0.25) is 0 Å². The summed E-state index contributed by atoms with van der Waals surface area (Å²) in [5, 5.41) is 4.62. The Morgan fingerprint density at radius 2 is 1.90 bits per heavy atom. The lowest BCUT2D eigenvalue weighted by atomic mass is 10.0. The van der Waals surface area contributed by atoms with Crippen molar-refractivity contribution in [2.45, 2.75) is 78.3 Å². The van der Waals surface area contributed by atoms with Crippen LogP contribution < -0.4 is 0 Å². The van der Waals surface area contributed by atoms with E-state index >= 15 is 0 Å². The maximum atomic E-state index is 6.17. The molecule has 0 saturated heterocycles. The molecule has 1 unspecified atom stereocenters. The van der Waals surface area contributed by atoms with Gasteiger partial charge in [-0.1, -0.05) is 33.1 Å². The molecule has 4 nitrogen and oxygen atoms in total. The van der Waals surface area contributed by atoms with Crippen LogP contribution >= 0.6 is 11.6 Å². The van der Waals surface area contributed by atoms with Crippen molar-refractivity contribution in [1.29, 1.82) is 0 Å². The molecule has 0 aliphatic carbocycles. The van der Waals surface area contributed by atoms with Gasteiger partial charge in [0.05, 0.1) is 11.6 Å². The Balaban J connectivity index is 2.56. The first-order chi connectivity index (χ1) is 10.2. The van der Waals surface area contributed by atoms with E-state index in [9.17, 15) is 0 Å².